The lowest BCUT2D eigenvalue weighted by Gasteiger charge is -2.11. The summed E-state index contributed by atoms with van der Waals surface area (Å²) in [5.74, 6) is -2.29. The predicted molar refractivity (Wildman–Crippen MR) is 96.7 cm³/mol. The average molecular weight is 437 g/mol. The van der Waals surface area contributed by atoms with Crippen LogP contribution >= 0.6 is 34.5 Å². The first-order chi connectivity index (χ1) is 12.1. The van der Waals surface area contributed by atoms with Crippen LogP contribution in [0.2, 0.25) is 10.0 Å². The van der Waals surface area contributed by atoms with Gasteiger partial charge in [0.05, 0.1) is 21.4 Å². The number of rotatable bonds is 3. The lowest BCUT2D eigenvalue weighted by molar-refractivity contribution is 0.555. The molecule has 2 aromatic carbocycles. The standard InChI is InChI=1S/C15H8Cl2F2N2O3S2/c16-9-2-1-7(3-10(9)17)21-13(6-25-15(21)22)8-4-12(19)14(5-11(8)18)26(20,23)24/h1-6H,(H2,20,23,24). The van der Waals surface area contributed by atoms with Gasteiger partial charge in [0.25, 0.3) is 0 Å². The quantitative estimate of drug-likeness (QED) is 0.677. The highest BCUT2D eigenvalue weighted by molar-refractivity contribution is 7.89. The highest BCUT2D eigenvalue weighted by Crippen LogP contribution is 2.31. The van der Waals surface area contributed by atoms with E-state index in [1.807, 2.05) is 0 Å². The van der Waals surface area contributed by atoms with Gasteiger partial charge in [0.2, 0.25) is 10.0 Å². The zero-order valence-electron chi connectivity index (χ0n) is 12.5. The van der Waals surface area contributed by atoms with Gasteiger partial charge < -0.3 is 0 Å². The van der Waals surface area contributed by atoms with Crippen LogP contribution in [0.1, 0.15) is 0 Å². The number of nitrogens with zero attached hydrogens (tertiary/aromatic N) is 1. The summed E-state index contributed by atoms with van der Waals surface area (Å²) in [7, 11) is -4.44. The summed E-state index contributed by atoms with van der Waals surface area (Å²) in [4.78, 5) is 10.8. The molecule has 3 rings (SSSR count). The Morgan fingerprint density at radius 2 is 1.73 bits per heavy atom. The second-order valence-electron chi connectivity index (χ2n) is 5.13. The van der Waals surface area contributed by atoms with Crippen LogP contribution in [-0.2, 0) is 10.0 Å². The molecule has 0 atom stereocenters. The molecule has 5 nitrogen and oxygen atoms in total. The van der Waals surface area contributed by atoms with E-state index in [9.17, 15) is 22.0 Å². The topological polar surface area (TPSA) is 82.2 Å². The number of hydrogen-bond donors (Lipinski definition) is 1. The molecular formula is C15H8Cl2F2N2O3S2. The molecule has 1 aromatic heterocycles. The number of halogens is 4. The Bertz CT molecular complexity index is 1190. The van der Waals surface area contributed by atoms with Gasteiger partial charge in [-0.2, -0.15) is 0 Å². The fourth-order valence-corrected chi connectivity index (χ4v) is 3.95. The molecule has 0 amide bonds. The van der Waals surface area contributed by atoms with Gasteiger partial charge in [-0.05, 0) is 30.3 Å². The SMILES string of the molecule is NS(=O)(=O)c1cc(F)c(-c2csc(=O)n2-c2ccc(Cl)c(Cl)c2)cc1F. The summed E-state index contributed by atoms with van der Waals surface area (Å²) in [6.07, 6.45) is 0. The first-order valence-electron chi connectivity index (χ1n) is 6.78. The number of sulfonamides is 1. The van der Waals surface area contributed by atoms with Crippen molar-refractivity contribution < 1.29 is 17.2 Å². The van der Waals surface area contributed by atoms with Crippen LogP contribution in [0.15, 0.2) is 45.4 Å². The molecule has 1 heterocycles. The molecule has 2 N–H and O–H groups in total. The van der Waals surface area contributed by atoms with Crippen LogP contribution in [-0.4, -0.2) is 13.0 Å². The van der Waals surface area contributed by atoms with Crippen molar-refractivity contribution >= 4 is 44.6 Å². The Morgan fingerprint density at radius 1 is 1.04 bits per heavy atom. The molecular weight excluding hydrogens is 429 g/mol. The predicted octanol–water partition coefficient (Wildman–Crippen LogP) is 3.80. The third kappa shape index (κ3) is 3.40. The van der Waals surface area contributed by atoms with E-state index in [0.29, 0.717) is 12.1 Å². The first kappa shape index (κ1) is 19.0. The van der Waals surface area contributed by atoms with Crippen LogP contribution in [0.25, 0.3) is 16.9 Å². The molecule has 0 fully saturated rings. The van der Waals surface area contributed by atoms with Crippen molar-refractivity contribution in [3.63, 3.8) is 0 Å². The highest BCUT2D eigenvalue weighted by atomic mass is 35.5. The van der Waals surface area contributed by atoms with Gasteiger partial charge in [-0.15, -0.1) is 0 Å². The van der Waals surface area contributed by atoms with E-state index in [4.69, 9.17) is 28.3 Å². The van der Waals surface area contributed by atoms with E-state index in [1.54, 1.807) is 0 Å². The minimum Gasteiger partial charge on any atom is -0.267 e. The molecule has 0 aliphatic carbocycles. The number of thiazole rings is 1. The van der Waals surface area contributed by atoms with Crippen LogP contribution in [0.4, 0.5) is 8.78 Å². The lowest BCUT2D eigenvalue weighted by Crippen LogP contribution is -2.15. The molecule has 136 valence electrons. The molecule has 0 bridgehead atoms. The molecule has 0 saturated heterocycles. The van der Waals surface area contributed by atoms with Crippen LogP contribution in [0.5, 0.6) is 0 Å². The Labute approximate surface area is 160 Å². The zero-order chi connectivity index (χ0) is 19.2. The molecule has 0 radical (unpaired) electrons. The normalized spacial score (nSPS) is 11.7. The minimum atomic E-state index is -4.44. The van der Waals surface area contributed by atoms with Gasteiger partial charge in [-0.3, -0.25) is 9.36 Å². The third-order valence-electron chi connectivity index (χ3n) is 3.46. The minimum absolute atomic E-state index is 0.0239. The molecule has 0 saturated carbocycles. The number of aromatic nitrogens is 1. The van der Waals surface area contributed by atoms with E-state index < -0.39 is 31.4 Å². The maximum Gasteiger partial charge on any atom is 0.312 e. The van der Waals surface area contributed by atoms with Crippen molar-refractivity contribution in [3.05, 3.63) is 67.1 Å². The largest absolute Gasteiger partial charge is 0.312 e. The smallest absolute Gasteiger partial charge is 0.267 e. The van der Waals surface area contributed by atoms with E-state index >= 15 is 0 Å². The van der Waals surface area contributed by atoms with Crippen LogP contribution < -0.4 is 10.0 Å². The third-order valence-corrected chi connectivity index (χ3v) is 5.85. The van der Waals surface area contributed by atoms with Crippen molar-refractivity contribution in [1.82, 2.24) is 4.57 Å². The van der Waals surface area contributed by atoms with Crippen molar-refractivity contribution in [2.24, 2.45) is 5.14 Å². The summed E-state index contributed by atoms with van der Waals surface area (Å²) in [5, 5.41) is 6.61. The number of primary sulfonamides is 1. The number of hydrogen-bond acceptors (Lipinski definition) is 4. The Hall–Kier alpha value is -1.78. The second-order valence-corrected chi connectivity index (χ2v) is 8.29. The average Bonchev–Trinajstić information content (AvgIpc) is 2.92. The summed E-state index contributed by atoms with van der Waals surface area (Å²) in [6, 6.07) is 5.48. The second kappa shape index (κ2) is 6.75. The summed E-state index contributed by atoms with van der Waals surface area (Å²) in [6.45, 7) is 0. The van der Waals surface area contributed by atoms with E-state index in [1.165, 1.54) is 23.6 Å². The molecule has 0 aliphatic heterocycles. The number of nitrogens with two attached hydrogens (primary N) is 1. The summed E-state index contributed by atoms with van der Waals surface area (Å²) in [5.41, 5.74) is 0.00561. The lowest BCUT2D eigenvalue weighted by atomic mass is 10.1. The van der Waals surface area contributed by atoms with E-state index in [2.05, 4.69) is 0 Å². The van der Waals surface area contributed by atoms with Gasteiger partial charge in [-0.25, -0.2) is 22.3 Å². The summed E-state index contributed by atoms with van der Waals surface area (Å²) >= 11 is 12.6. The fourth-order valence-electron chi connectivity index (χ4n) is 2.31. The van der Waals surface area contributed by atoms with Gasteiger partial charge in [0.15, 0.2) is 0 Å². The van der Waals surface area contributed by atoms with Crippen LogP contribution in [0, 0.1) is 11.6 Å². The Morgan fingerprint density at radius 3 is 2.35 bits per heavy atom. The highest BCUT2D eigenvalue weighted by Gasteiger charge is 2.22. The van der Waals surface area contributed by atoms with Gasteiger partial charge in [0, 0.05) is 10.9 Å². The molecule has 11 heteroatoms. The monoisotopic (exact) mass is 436 g/mol. The van der Waals surface area contributed by atoms with E-state index in [-0.39, 0.29) is 27.0 Å². The zero-order valence-corrected chi connectivity index (χ0v) is 15.7. The number of benzene rings is 2. The van der Waals surface area contributed by atoms with Crippen LogP contribution in [0.3, 0.4) is 0 Å². The van der Waals surface area contributed by atoms with Crippen molar-refractivity contribution in [2.45, 2.75) is 4.90 Å². The fraction of sp³-hybridized carbons (Fsp3) is 0. The van der Waals surface area contributed by atoms with Crippen molar-refractivity contribution in [3.8, 4) is 16.9 Å². The van der Waals surface area contributed by atoms with Crippen molar-refractivity contribution in [1.29, 1.82) is 0 Å². The molecule has 0 spiro atoms. The van der Waals surface area contributed by atoms with Gasteiger partial charge in [0.1, 0.15) is 16.5 Å². The maximum absolute atomic E-state index is 14.4. The Balaban J connectivity index is 2.26. The van der Waals surface area contributed by atoms with Gasteiger partial charge >= 0.3 is 4.87 Å². The first-order valence-corrected chi connectivity index (χ1v) is 9.96. The maximum atomic E-state index is 14.4. The molecule has 0 aliphatic rings. The van der Waals surface area contributed by atoms with E-state index in [0.717, 1.165) is 15.9 Å². The van der Waals surface area contributed by atoms with Gasteiger partial charge in [-0.1, -0.05) is 34.5 Å². The van der Waals surface area contributed by atoms with Crippen molar-refractivity contribution in [2.75, 3.05) is 0 Å². The molecule has 3 aromatic rings. The summed E-state index contributed by atoms with van der Waals surface area (Å²) < 4.78 is 52.3. The Kier molecular flexibility index (Phi) is 4.93. The molecule has 0 unspecified atom stereocenters. The molecule has 26 heavy (non-hydrogen) atoms.